The Hall–Kier alpha value is -0.610. The molecule has 21 heavy (non-hydrogen) atoms. The van der Waals surface area contributed by atoms with E-state index in [2.05, 4.69) is 35.5 Å². The first-order valence-corrected chi connectivity index (χ1v) is 8.76. The molecule has 2 heterocycles. The van der Waals surface area contributed by atoms with E-state index < -0.39 is 0 Å². The molecule has 2 fully saturated rings. The number of nitrogens with zero attached hydrogens (tertiary/aromatic N) is 3. The lowest BCUT2D eigenvalue weighted by Crippen LogP contribution is -2.51. The number of carbonyl (C=O) groups excluding carboxylic acids is 1. The Balaban J connectivity index is 1.71. The van der Waals surface area contributed by atoms with Crippen LogP contribution in [0.5, 0.6) is 0 Å². The maximum atomic E-state index is 12.2. The molecule has 1 amide bonds. The molecular weight excluding hydrogens is 262 g/mol. The molecule has 0 spiro atoms. The van der Waals surface area contributed by atoms with Gasteiger partial charge in [-0.3, -0.25) is 9.69 Å². The van der Waals surface area contributed by atoms with Gasteiger partial charge in [0.05, 0.1) is 0 Å². The molecule has 4 heteroatoms. The van der Waals surface area contributed by atoms with E-state index in [0.29, 0.717) is 11.9 Å². The van der Waals surface area contributed by atoms with Gasteiger partial charge in [0.2, 0.25) is 5.91 Å². The van der Waals surface area contributed by atoms with E-state index in [1.54, 1.807) is 0 Å². The highest BCUT2D eigenvalue weighted by molar-refractivity contribution is 5.78. The fraction of sp³-hybridized carbons (Fsp3) is 0.941. The molecule has 2 rings (SSSR count). The zero-order chi connectivity index (χ0) is 15.4. The van der Waals surface area contributed by atoms with E-state index >= 15 is 0 Å². The molecule has 4 nitrogen and oxygen atoms in total. The second-order valence-corrected chi connectivity index (χ2v) is 7.18. The Bertz CT molecular complexity index is 337. The van der Waals surface area contributed by atoms with Crippen molar-refractivity contribution in [3.8, 4) is 0 Å². The zero-order valence-electron chi connectivity index (χ0n) is 14.3. The molecule has 2 aliphatic heterocycles. The van der Waals surface area contributed by atoms with Gasteiger partial charge in [-0.2, -0.15) is 0 Å². The minimum atomic E-state index is 0.186. The largest absolute Gasteiger partial charge is 0.340 e. The molecule has 0 bridgehead atoms. The first kappa shape index (κ1) is 16.8. The van der Waals surface area contributed by atoms with Crippen molar-refractivity contribution in [2.75, 3.05) is 45.8 Å². The molecule has 122 valence electrons. The highest BCUT2D eigenvalue weighted by Gasteiger charge is 2.28. The first-order valence-electron chi connectivity index (χ1n) is 8.76. The Labute approximate surface area is 130 Å². The van der Waals surface area contributed by atoms with Gasteiger partial charge in [0.15, 0.2) is 0 Å². The summed E-state index contributed by atoms with van der Waals surface area (Å²) in [6.07, 6.45) is 2.29. The van der Waals surface area contributed by atoms with E-state index in [-0.39, 0.29) is 5.92 Å². The Morgan fingerprint density at radius 1 is 1.10 bits per heavy atom. The molecule has 0 saturated carbocycles. The maximum absolute atomic E-state index is 12.2. The average Bonchev–Trinajstić information content (AvgIpc) is 2.95. The Morgan fingerprint density at radius 2 is 1.76 bits per heavy atom. The van der Waals surface area contributed by atoms with Crippen molar-refractivity contribution in [1.82, 2.24) is 14.7 Å². The van der Waals surface area contributed by atoms with Crippen LogP contribution in [-0.2, 0) is 4.79 Å². The maximum Gasteiger partial charge on any atom is 0.225 e. The third-order valence-corrected chi connectivity index (χ3v) is 5.28. The van der Waals surface area contributed by atoms with Gasteiger partial charge in [-0.25, -0.2) is 0 Å². The molecule has 0 radical (unpaired) electrons. The van der Waals surface area contributed by atoms with Gasteiger partial charge in [-0.05, 0) is 39.2 Å². The molecule has 0 aromatic heterocycles. The minimum Gasteiger partial charge on any atom is -0.340 e. The minimum absolute atomic E-state index is 0.186. The molecule has 0 N–H and O–H groups in total. The first-order chi connectivity index (χ1) is 10.0. The van der Waals surface area contributed by atoms with Gasteiger partial charge in [0, 0.05) is 51.2 Å². The van der Waals surface area contributed by atoms with Crippen molar-refractivity contribution in [3.63, 3.8) is 0 Å². The van der Waals surface area contributed by atoms with E-state index in [1.165, 1.54) is 26.1 Å². The molecule has 2 aliphatic rings. The predicted octanol–water partition coefficient (Wildman–Crippen LogP) is 1.91. The van der Waals surface area contributed by atoms with E-state index in [4.69, 9.17) is 0 Å². The van der Waals surface area contributed by atoms with Crippen molar-refractivity contribution in [2.24, 2.45) is 11.8 Å². The van der Waals surface area contributed by atoms with Crippen LogP contribution in [0.25, 0.3) is 0 Å². The molecule has 2 unspecified atom stereocenters. The summed E-state index contributed by atoms with van der Waals surface area (Å²) in [5, 5.41) is 0. The van der Waals surface area contributed by atoms with E-state index in [1.807, 2.05) is 6.92 Å². The van der Waals surface area contributed by atoms with Gasteiger partial charge in [-0.1, -0.05) is 13.8 Å². The number of piperazine rings is 1. The van der Waals surface area contributed by atoms with Gasteiger partial charge in [-0.15, -0.1) is 0 Å². The van der Waals surface area contributed by atoms with Crippen LogP contribution >= 0.6 is 0 Å². The van der Waals surface area contributed by atoms with Crippen LogP contribution in [0.3, 0.4) is 0 Å². The summed E-state index contributed by atoms with van der Waals surface area (Å²) in [5.74, 6) is 1.36. The quantitative estimate of drug-likeness (QED) is 0.775. The number of hydrogen-bond donors (Lipinski definition) is 0. The third kappa shape index (κ3) is 4.43. The van der Waals surface area contributed by atoms with E-state index in [9.17, 15) is 4.79 Å². The fourth-order valence-corrected chi connectivity index (χ4v) is 3.48. The van der Waals surface area contributed by atoms with Crippen LogP contribution in [-0.4, -0.2) is 72.5 Å². The van der Waals surface area contributed by atoms with Crippen molar-refractivity contribution < 1.29 is 4.79 Å². The van der Waals surface area contributed by atoms with Crippen molar-refractivity contribution in [2.45, 2.75) is 46.6 Å². The highest BCUT2D eigenvalue weighted by atomic mass is 16.2. The standard InChI is InChI=1S/C17H33N3O/c1-5-15(4)17(21)19-10-8-18(9-11-19)12-16-6-7-20(13-16)14(2)3/h14-16H,5-13H2,1-4H3. The summed E-state index contributed by atoms with van der Waals surface area (Å²) in [6.45, 7) is 16.4. The molecule has 2 atom stereocenters. The van der Waals surface area contributed by atoms with Crippen LogP contribution in [0.1, 0.15) is 40.5 Å². The smallest absolute Gasteiger partial charge is 0.225 e. The van der Waals surface area contributed by atoms with Gasteiger partial charge >= 0.3 is 0 Å². The summed E-state index contributed by atoms with van der Waals surface area (Å²) < 4.78 is 0. The molecule has 0 aromatic carbocycles. The van der Waals surface area contributed by atoms with Crippen LogP contribution in [0.2, 0.25) is 0 Å². The predicted molar refractivity (Wildman–Crippen MR) is 87.3 cm³/mol. The molecule has 2 saturated heterocycles. The average molecular weight is 295 g/mol. The number of rotatable bonds is 5. The topological polar surface area (TPSA) is 26.8 Å². The summed E-state index contributed by atoms with van der Waals surface area (Å²) in [7, 11) is 0. The zero-order valence-corrected chi connectivity index (χ0v) is 14.3. The normalized spacial score (nSPS) is 26.5. The Kier molecular flexibility index (Phi) is 6.06. The van der Waals surface area contributed by atoms with Crippen LogP contribution in [0.4, 0.5) is 0 Å². The van der Waals surface area contributed by atoms with Crippen molar-refractivity contribution in [1.29, 1.82) is 0 Å². The second kappa shape index (κ2) is 7.59. The third-order valence-electron chi connectivity index (χ3n) is 5.28. The number of carbonyl (C=O) groups is 1. The van der Waals surface area contributed by atoms with Crippen molar-refractivity contribution >= 4 is 5.91 Å². The summed E-state index contributed by atoms with van der Waals surface area (Å²) in [5.41, 5.74) is 0. The fourth-order valence-electron chi connectivity index (χ4n) is 3.48. The van der Waals surface area contributed by atoms with Crippen LogP contribution in [0.15, 0.2) is 0 Å². The molecular formula is C17H33N3O. The van der Waals surface area contributed by atoms with Crippen LogP contribution in [0, 0.1) is 11.8 Å². The number of amides is 1. The van der Waals surface area contributed by atoms with Gasteiger partial charge < -0.3 is 9.80 Å². The summed E-state index contributed by atoms with van der Waals surface area (Å²) in [6, 6.07) is 0.681. The lowest BCUT2D eigenvalue weighted by molar-refractivity contribution is -0.136. The molecule has 0 aromatic rings. The monoisotopic (exact) mass is 295 g/mol. The van der Waals surface area contributed by atoms with E-state index in [0.717, 1.165) is 38.5 Å². The lowest BCUT2D eigenvalue weighted by Gasteiger charge is -2.37. The SMILES string of the molecule is CCC(C)C(=O)N1CCN(CC2CCN(C(C)C)C2)CC1. The van der Waals surface area contributed by atoms with Crippen molar-refractivity contribution in [3.05, 3.63) is 0 Å². The highest BCUT2D eigenvalue weighted by Crippen LogP contribution is 2.20. The number of likely N-dealkylation sites (tertiary alicyclic amines) is 1. The van der Waals surface area contributed by atoms with Gasteiger partial charge in [0.25, 0.3) is 0 Å². The number of hydrogen-bond acceptors (Lipinski definition) is 3. The summed E-state index contributed by atoms with van der Waals surface area (Å²) >= 11 is 0. The summed E-state index contributed by atoms with van der Waals surface area (Å²) in [4.78, 5) is 19.4. The lowest BCUT2D eigenvalue weighted by atomic mass is 10.1. The molecule has 0 aliphatic carbocycles. The van der Waals surface area contributed by atoms with Gasteiger partial charge in [0.1, 0.15) is 0 Å². The van der Waals surface area contributed by atoms with Crippen LogP contribution < -0.4 is 0 Å². The Morgan fingerprint density at radius 3 is 2.29 bits per heavy atom. The second-order valence-electron chi connectivity index (χ2n) is 7.18.